The molecule has 0 spiro atoms. The van der Waals surface area contributed by atoms with Crippen LogP contribution in [-0.4, -0.2) is 47.4 Å². The Kier molecular flexibility index (Phi) is 72.4. The van der Waals surface area contributed by atoms with Gasteiger partial charge >= 0.3 is 5.97 Å². The third-order valence-electron chi connectivity index (χ3n) is 17.8. The SMILES string of the molecule is CCCCCC/C=C\CCCCCCCC(=O)OCCCCCCCCCCCCC/C=C\C/C=C\CCCCCCCCCCCCCCCCCCCC(=O)NC(CO)C(O)/C=C/CCCCCCCCCCCCCCCCCCCC. The molecular weight excluding hydrogens is 1040 g/mol. The van der Waals surface area contributed by atoms with Crippen molar-refractivity contribution in [1.29, 1.82) is 0 Å². The molecule has 0 aromatic rings. The second kappa shape index (κ2) is 74.3. The van der Waals surface area contributed by atoms with Gasteiger partial charge in [-0.2, -0.15) is 0 Å². The van der Waals surface area contributed by atoms with Crippen molar-refractivity contribution in [2.45, 2.75) is 431 Å². The lowest BCUT2D eigenvalue weighted by molar-refractivity contribution is -0.143. The highest BCUT2D eigenvalue weighted by Crippen LogP contribution is 2.19. The molecule has 3 N–H and O–H groups in total. The Morgan fingerprint density at radius 1 is 0.329 bits per heavy atom. The van der Waals surface area contributed by atoms with Gasteiger partial charge in [0.25, 0.3) is 0 Å². The van der Waals surface area contributed by atoms with Crippen molar-refractivity contribution in [2.24, 2.45) is 0 Å². The van der Waals surface area contributed by atoms with Gasteiger partial charge < -0.3 is 20.3 Å². The molecule has 85 heavy (non-hydrogen) atoms. The maximum absolute atomic E-state index is 12.5. The highest BCUT2D eigenvalue weighted by molar-refractivity contribution is 5.76. The number of hydrogen-bond acceptors (Lipinski definition) is 5. The fourth-order valence-corrected chi connectivity index (χ4v) is 12.0. The number of unbranched alkanes of at least 4 members (excludes halogenated alkanes) is 55. The zero-order valence-corrected chi connectivity index (χ0v) is 57.4. The molecule has 0 saturated heterocycles. The van der Waals surface area contributed by atoms with Gasteiger partial charge in [-0.1, -0.05) is 364 Å². The predicted octanol–water partition coefficient (Wildman–Crippen LogP) is 25.2. The summed E-state index contributed by atoms with van der Waals surface area (Å²) in [6.45, 7) is 4.92. The van der Waals surface area contributed by atoms with E-state index in [1.54, 1.807) is 6.08 Å². The molecule has 500 valence electrons. The number of nitrogens with one attached hydrogen (secondary N) is 1. The van der Waals surface area contributed by atoms with Gasteiger partial charge in [-0.15, -0.1) is 0 Å². The number of allylic oxidation sites excluding steroid dienone is 7. The highest BCUT2D eigenvalue weighted by Gasteiger charge is 2.18. The van der Waals surface area contributed by atoms with E-state index in [9.17, 15) is 19.8 Å². The van der Waals surface area contributed by atoms with E-state index in [4.69, 9.17) is 4.74 Å². The van der Waals surface area contributed by atoms with Gasteiger partial charge in [0, 0.05) is 12.8 Å². The molecule has 0 saturated carbocycles. The van der Waals surface area contributed by atoms with Crippen LogP contribution in [0.3, 0.4) is 0 Å². The Hall–Kier alpha value is -2.18. The van der Waals surface area contributed by atoms with Gasteiger partial charge in [0.05, 0.1) is 25.4 Å². The Balaban J connectivity index is 3.40. The summed E-state index contributed by atoms with van der Waals surface area (Å²) in [7, 11) is 0. The Labute approximate surface area is 531 Å². The summed E-state index contributed by atoms with van der Waals surface area (Å²) in [4.78, 5) is 24.6. The molecule has 0 aliphatic rings. The summed E-state index contributed by atoms with van der Waals surface area (Å²) >= 11 is 0. The van der Waals surface area contributed by atoms with Gasteiger partial charge in [-0.3, -0.25) is 9.59 Å². The maximum atomic E-state index is 12.5. The minimum atomic E-state index is -0.844. The molecule has 0 rings (SSSR count). The normalized spacial score (nSPS) is 12.8. The number of carbonyl (C=O) groups excluding carboxylic acids is 2. The summed E-state index contributed by atoms with van der Waals surface area (Å²) in [5.74, 6) is -0.0544. The Morgan fingerprint density at radius 2 is 0.588 bits per heavy atom. The third kappa shape index (κ3) is 70.8. The minimum Gasteiger partial charge on any atom is -0.466 e. The number of amides is 1. The van der Waals surface area contributed by atoms with Crippen LogP contribution < -0.4 is 5.32 Å². The fraction of sp³-hybridized carbons (Fsp3) is 0.873. The number of esters is 1. The van der Waals surface area contributed by atoms with Crippen LogP contribution in [-0.2, 0) is 14.3 Å². The number of aliphatic hydroxyl groups is 2. The second-order valence-corrected chi connectivity index (χ2v) is 26.3. The van der Waals surface area contributed by atoms with Gasteiger partial charge in [0.1, 0.15) is 0 Å². The minimum absolute atomic E-state index is 0.00753. The van der Waals surface area contributed by atoms with Crippen molar-refractivity contribution in [3.05, 3.63) is 48.6 Å². The van der Waals surface area contributed by atoms with Crippen LogP contribution in [0.1, 0.15) is 418 Å². The van der Waals surface area contributed by atoms with Crippen LogP contribution in [0.25, 0.3) is 0 Å². The van der Waals surface area contributed by atoms with Crippen LogP contribution in [0, 0.1) is 0 Å². The first kappa shape index (κ1) is 82.8. The average molecular weight is 1190 g/mol. The van der Waals surface area contributed by atoms with Crippen LogP contribution >= 0.6 is 0 Å². The maximum Gasteiger partial charge on any atom is 0.305 e. The molecule has 6 nitrogen and oxygen atoms in total. The quantitative estimate of drug-likeness (QED) is 0.0320. The molecule has 0 aliphatic carbocycles. The van der Waals surface area contributed by atoms with E-state index in [1.165, 1.54) is 340 Å². The lowest BCUT2D eigenvalue weighted by atomic mass is 10.0. The van der Waals surface area contributed by atoms with E-state index in [0.717, 1.165) is 51.4 Å². The zero-order valence-electron chi connectivity index (χ0n) is 57.4. The number of aliphatic hydroxyl groups excluding tert-OH is 2. The van der Waals surface area contributed by atoms with Gasteiger partial charge in [-0.05, 0) is 89.9 Å². The summed E-state index contributed by atoms with van der Waals surface area (Å²) in [6.07, 6.45) is 97.9. The van der Waals surface area contributed by atoms with Crippen molar-refractivity contribution >= 4 is 11.9 Å². The number of carbonyl (C=O) groups is 2. The third-order valence-corrected chi connectivity index (χ3v) is 17.8. The monoisotopic (exact) mass is 1190 g/mol. The lowest BCUT2D eigenvalue weighted by Gasteiger charge is -2.20. The molecule has 0 heterocycles. The van der Waals surface area contributed by atoms with E-state index in [-0.39, 0.29) is 18.5 Å². The second-order valence-electron chi connectivity index (χ2n) is 26.3. The van der Waals surface area contributed by atoms with E-state index < -0.39 is 12.1 Å². The first-order valence-corrected chi connectivity index (χ1v) is 38.4. The smallest absolute Gasteiger partial charge is 0.305 e. The molecule has 0 radical (unpaired) electrons. The van der Waals surface area contributed by atoms with Crippen molar-refractivity contribution < 1.29 is 24.5 Å². The number of rotatable bonds is 72. The molecule has 0 bridgehead atoms. The van der Waals surface area contributed by atoms with Crippen LogP contribution in [0.5, 0.6) is 0 Å². The molecule has 2 unspecified atom stereocenters. The van der Waals surface area contributed by atoms with Crippen LogP contribution in [0.2, 0.25) is 0 Å². The Morgan fingerprint density at radius 3 is 0.918 bits per heavy atom. The summed E-state index contributed by atoms with van der Waals surface area (Å²) < 4.78 is 5.48. The molecule has 1 amide bonds. The molecular formula is C79H149NO5. The molecule has 0 fully saturated rings. The number of hydrogen-bond donors (Lipinski definition) is 3. The molecule has 6 heteroatoms. The lowest BCUT2D eigenvalue weighted by Crippen LogP contribution is -2.45. The van der Waals surface area contributed by atoms with Crippen molar-refractivity contribution in [1.82, 2.24) is 5.32 Å². The van der Waals surface area contributed by atoms with Crippen LogP contribution in [0.4, 0.5) is 0 Å². The summed E-state index contributed by atoms with van der Waals surface area (Å²) in [5, 5.41) is 23.3. The molecule has 0 aliphatic heterocycles. The molecule has 0 aromatic carbocycles. The first-order chi connectivity index (χ1) is 42.0. The summed E-state index contributed by atoms with van der Waals surface area (Å²) in [5.41, 5.74) is 0. The summed E-state index contributed by atoms with van der Waals surface area (Å²) in [6, 6.07) is -0.627. The van der Waals surface area contributed by atoms with Gasteiger partial charge in [-0.25, -0.2) is 0 Å². The van der Waals surface area contributed by atoms with Crippen molar-refractivity contribution in [2.75, 3.05) is 13.2 Å². The standard InChI is InChI=1S/C79H149NO5/c1-3-5-7-9-11-13-15-17-18-19-20-38-41-44-48-51-55-59-63-67-71-77(82)76(75-81)80-78(83)72-68-64-60-56-52-49-45-42-39-36-34-32-30-28-26-24-22-21-23-25-27-29-31-33-35-37-40-43-46-50-54-58-62-66-70-74-85-79(84)73-69-65-61-57-53-47-16-14-12-10-8-6-4-2/h14,16,23,25,29,31,67,71,76-77,81-82H,3-13,15,17-22,24,26-28,30,32-66,68-70,72-75H2,1-2H3,(H,80,83)/b16-14-,25-23-,31-29-,71-67+. The Bertz CT molecular complexity index is 1420. The molecule has 2 atom stereocenters. The predicted molar refractivity (Wildman–Crippen MR) is 375 cm³/mol. The van der Waals surface area contributed by atoms with Crippen molar-refractivity contribution in [3.8, 4) is 0 Å². The fourth-order valence-electron chi connectivity index (χ4n) is 12.0. The van der Waals surface area contributed by atoms with E-state index in [2.05, 4.69) is 55.6 Å². The average Bonchev–Trinajstić information content (AvgIpc) is 3.51. The van der Waals surface area contributed by atoms with Crippen LogP contribution in [0.15, 0.2) is 48.6 Å². The highest BCUT2D eigenvalue weighted by atomic mass is 16.5. The van der Waals surface area contributed by atoms with E-state index in [1.807, 2.05) is 6.08 Å². The molecule has 0 aromatic heterocycles. The number of ether oxygens (including phenoxy) is 1. The van der Waals surface area contributed by atoms with Gasteiger partial charge in [0.2, 0.25) is 5.91 Å². The largest absolute Gasteiger partial charge is 0.466 e. The zero-order chi connectivity index (χ0) is 61.3. The first-order valence-electron chi connectivity index (χ1n) is 38.4. The van der Waals surface area contributed by atoms with Gasteiger partial charge in [0.15, 0.2) is 0 Å². The van der Waals surface area contributed by atoms with E-state index in [0.29, 0.717) is 19.4 Å². The van der Waals surface area contributed by atoms with E-state index >= 15 is 0 Å². The topological polar surface area (TPSA) is 95.9 Å². The van der Waals surface area contributed by atoms with Crippen molar-refractivity contribution in [3.63, 3.8) is 0 Å².